The van der Waals surface area contributed by atoms with E-state index in [1.807, 2.05) is 18.2 Å². The summed E-state index contributed by atoms with van der Waals surface area (Å²) in [5.41, 5.74) is 0.356. The maximum absolute atomic E-state index is 12.7. The number of piperazine rings is 1. The minimum absolute atomic E-state index is 0.190. The first kappa shape index (κ1) is 17.4. The lowest BCUT2D eigenvalue weighted by Crippen LogP contribution is -3.13. The fraction of sp³-hybridized carbons (Fsp3) is 0.312. The second-order valence-electron chi connectivity index (χ2n) is 5.68. The number of sulfonamides is 1. The number of benzene rings is 1. The third-order valence-electron chi connectivity index (χ3n) is 4.08. The minimum atomic E-state index is -3.54. The van der Waals surface area contributed by atoms with Gasteiger partial charge < -0.3 is 4.90 Å². The lowest BCUT2D eigenvalue weighted by Gasteiger charge is -2.31. The molecule has 0 unspecified atom stereocenters. The van der Waals surface area contributed by atoms with E-state index < -0.39 is 10.0 Å². The number of hydrogen-bond donors (Lipinski definition) is 1. The van der Waals surface area contributed by atoms with Crippen LogP contribution in [0.3, 0.4) is 0 Å². The smallest absolute Gasteiger partial charge is 0.243 e. The molecule has 1 aliphatic heterocycles. The summed E-state index contributed by atoms with van der Waals surface area (Å²) in [4.78, 5) is 2.76. The Labute approximate surface area is 150 Å². The molecule has 0 spiro atoms. The number of halogens is 1. The third-order valence-corrected chi connectivity index (χ3v) is 7.21. The molecule has 8 heteroatoms. The molecule has 24 heavy (non-hydrogen) atoms. The van der Waals surface area contributed by atoms with Crippen LogP contribution in [0.5, 0.6) is 0 Å². The second kappa shape index (κ2) is 7.21. The average Bonchev–Trinajstić information content (AvgIpc) is 3.00. The third kappa shape index (κ3) is 3.79. The zero-order chi connectivity index (χ0) is 17.2. The Bertz CT molecular complexity index is 865. The molecule has 0 aliphatic carbocycles. The van der Waals surface area contributed by atoms with Crippen LogP contribution in [-0.4, -0.2) is 38.9 Å². The van der Waals surface area contributed by atoms with E-state index in [0.717, 1.165) is 24.0 Å². The van der Waals surface area contributed by atoms with Gasteiger partial charge in [-0.3, -0.25) is 0 Å². The highest BCUT2D eigenvalue weighted by atomic mass is 35.5. The highest BCUT2D eigenvalue weighted by Crippen LogP contribution is 2.21. The lowest BCUT2D eigenvalue weighted by atomic mass is 10.2. The van der Waals surface area contributed by atoms with Crippen LogP contribution in [-0.2, 0) is 16.6 Å². The van der Waals surface area contributed by atoms with Crippen molar-refractivity contribution in [1.82, 2.24) is 4.31 Å². The molecule has 1 aromatic carbocycles. The average molecular weight is 383 g/mol. The van der Waals surface area contributed by atoms with E-state index in [9.17, 15) is 8.42 Å². The summed E-state index contributed by atoms with van der Waals surface area (Å²) in [6.45, 7) is 3.34. The van der Waals surface area contributed by atoms with Gasteiger partial charge in [-0.25, -0.2) is 8.42 Å². The normalized spacial score (nSPS) is 16.8. The summed E-state index contributed by atoms with van der Waals surface area (Å²) in [7, 11) is -3.54. The molecule has 2 aromatic rings. The molecule has 1 fully saturated rings. The summed E-state index contributed by atoms with van der Waals surface area (Å²) in [6.07, 6.45) is 0. The van der Waals surface area contributed by atoms with Crippen molar-refractivity contribution in [3.8, 4) is 6.07 Å². The van der Waals surface area contributed by atoms with Crippen molar-refractivity contribution >= 4 is 33.0 Å². The van der Waals surface area contributed by atoms with Crippen LogP contribution in [0.4, 0.5) is 0 Å². The summed E-state index contributed by atoms with van der Waals surface area (Å²) < 4.78 is 27.7. The van der Waals surface area contributed by atoms with Crippen molar-refractivity contribution in [1.29, 1.82) is 5.26 Å². The van der Waals surface area contributed by atoms with Crippen LogP contribution in [0.2, 0.25) is 4.34 Å². The van der Waals surface area contributed by atoms with Crippen LogP contribution in [0.1, 0.15) is 10.4 Å². The largest absolute Gasteiger partial charge is 0.328 e. The first-order valence-electron chi connectivity index (χ1n) is 7.57. The molecule has 1 saturated heterocycles. The fourth-order valence-electron chi connectivity index (χ4n) is 2.79. The van der Waals surface area contributed by atoms with E-state index in [0.29, 0.717) is 18.7 Å². The molecule has 0 bridgehead atoms. The second-order valence-corrected chi connectivity index (χ2v) is 9.41. The van der Waals surface area contributed by atoms with Gasteiger partial charge in [-0.2, -0.15) is 9.57 Å². The van der Waals surface area contributed by atoms with Crippen LogP contribution in [0.25, 0.3) is 0 Å². The van der Waals surface area contributed by atoms with Crippen molar-refractivity contribution in [3.05, 3.63) is 51.2 Å². The molecular weight excluding hydrogens is 366 g/mol. The van der Waals surface area contributed by atoms with Crippen LogP contribution in [0.15, 0.2) is 41.3 Å². The van der Waals surface area contributed by atoms with Gasteiger partial charge in [0.2, 0.25) is 10.0 Å². The highest BCUT2D eigenvalue weighted by Gasteiger charge is 2.30. The number of hydrogen-bond acceptors (Lipinski definition) is 4. The Morgan fingerprint density at radius 1 is 1.25 bits per heavy atom. The van der Waals surface area contributed by atoms with Gasteiger partial charge >= 0.3 is 0 Å². The SMILES string of the molecule is N#Cc1cccc(S(=O)(=O)N2CC[NH+](Cc3ccc(Cl)s3)CC2)c1. The van der Waals surface area contributed by atoms with Crippen LogP contribution in [0, 0.1) is 11.3 Å². The van der Waals surface area contributed by atoms with Gasteiger partial charge in [0.25, 0.3) is 0 Å². The number of nitrogens with one attached hydrogen (secondary N) is 1. The van der Waals surface area contributed by atoms with Gasteiger partial charge in [0.15, 0.2) is 0 Å². The molecule has 0 saturated carbocycles. The summed E-state index contributed by atoms with van der Waals surface area (Å²) in [5, 5.41) is 8.94. The van der Waals surface area contributed by atoms with Gasteiger partial charge in [0.1, 0.15) is 6.54 Å². The van der Waals surface area contributed by atoms with E-state index >= 15 is 0 Å². The fourth-order valence-corrected chi connectivity index (χ4v) is 5.43. The summed E-state index contributed by atoms with van der Waals surface area (Å²) in [6, 6.07) is 12.1. The zero-order valence-electron chi connectivity index (χ0n) is 12.9. The molecule has 1 aliphatic rings. The summed E-state index contributed by atoms with van der Waals surface area (Å²) in [5.74, 6) is 0. The Kier molecular flexibility index (Phi) is 5.23. The number of quaternary nitrogens is 1. The van der Waals surface area contributed by atoms with E-state index in [2.05, 4.69) is 0 Å². The predicted molar refractivity (Wildman–Crippen MR) is 93.6 cm³/mol. The Hall–Kier alpha value is -1.43. The molecule has 0 atom stereocenters. The zero-order valence-corrected chi connectivity index (χ0v) is 15.3. The number of nitrogens with zero attached hydrogens (tertiary/aromatic N) is 2. The van der Waals surface area contributed by atoms with E-state index in [1.54, 1.807) is 29.5 Å². The van der Waals surface area contributed by atoms with E-state index in [-0.39, 0.29) is 4.90 Å². The molecular formula is C16H17ClN3O2S2+. The van der Waals surface area contributed by atoms with Gasteiger partial charge in [-0.05, 0) is 30.3 Å². The topological polar surface area (TPSA) is 65.6 Å². The van der Waals surface area contributed by atoms with Crippen molar-refractivity contribution in [3.63, 3.8) is 0 Å². The monoisotopic (exact) mass is 382 g/mol. The van der Waals surface area contributed by atoms with E-state index in [4.69, 9.17) is 16.9 Å². The van der Waals surface area contributed by atoms with Gasteiger partial charge in [0.05, 0.1) is 51.9 Å². The van der Waals surface area contributed by atoms with Gasteiger partial charge in [-0.1, -0.05) is 17.7 Å². The maximum atomic E-state index is 12.7. The Balaban J connectivity index is 1.66. The van der Waals surface area contributed by atoms with Crippen LogP contribution >= 0.6 is 22.9 Å². The van der Waals surface area contributed by atoms with Gasteiger partial charge in [-0.15, -0.1) is 11.3 Å². The molecule has 5 nitrogen and oxygen atoms in total. The van der Waals surface area contributed by atoms with Crippen molar-refractivity contribution < 1.29 is 13.3 Å². The predicted octanol–water partition coefficient (Wildman–Crippen LogP) is 1.36. The lowest BCUT2D eigenvalue weighted by molar-refractivity contribution is -0.917. The molecule has 1 aromatic heterocycles. The molecule has 3 rings (SSSR count). The van der Waals surface area contributed by atoms with Crippen molar-refractivity contribution in [2.75, 3.05) is 26.2 Å². The van der Waals surface area contributed by atoms with E-state index in [1.165, 1.54) is 20.1 Å². The minimum Gasteiger partial charge on any atom is -0.328 e. The highest BCUT2D eigenvalue weighted by molar-refractivity contribution is 7.89. The number of rotatable bonds is 4. The maximum Gasteiger partial charge on any atom is 0.243 e. The standard InChI is InChI=1S/C16H16ClN3O2S2/c17-16-5-4-14(23-16)12-19-6-8-20(9-7-19)24(21,22)15-3-1-2-13(10-15)11-18/h1-5,10H,6-9,12H2/p+1. The molecule has 2 heterocycles. The summed E-state index contributed by atoms with van der Waals surface area (Å²) >= 11 is 7.52. The number of thiophene rings is 1. The van der Waals surface area contributed by atoms with Crippen molar-refractivity contribution in [2.45, 2.75) is 11.4 Å². The Morgan fingerprint density at radius 2 is 2.00 bits per heavy atom. The molecule has 126 valence electrons. The van der Waals surface area contributed by atoms with Gasteiger partial charge in [0, 0.05) is 0 Å². The quantitative estimate of drug-likeness (QED) is 0.868. The number of nitriles is 1. The first-order valence-corrected chi connectivity index (χ1v) is 10.2. The molecule has 1 N–H and O–H groups in total. The first-order chi connectivity index (χ1) is 11.5. The molecule has 0 amide bonds. The van der Waals surface area contributed by atoms with Crippen LogP contribution < -0.4 is 4.90 Å². The Morgan fingerprint density at radius 3 is 2.62 bits per heavy atom. The van der Waals surface area contributed by atoms with Crippen molar-refractivity contribution in [2.24, 2.45) is 0 Å². The molecule has 0 radical (unpaired) electrons.